The van der Waals surface area contributed by atoms with Gasteiger partial charge in [-0.2, -0.15) is 0 Å². The molecule has 11 aromatic rings. The highest BCUT2D eigenvalue weighted by atomic mass is 16.3. The van der Waals surface area contributed by atoms with E-state index in [0.717, 1.165) is 77.3 Å². The van der Waals surface area contributed by atoms with Crippen LogP contribution in [0, 0.1) is 0 Å². The van der Waals surface area contributed by atoms with Crippen LogP contribution in [0.4, 0.5) is 0 Å². The highest BCUT2D eigenvalue weighted by molar-refractivity contribution is 6.13. The molecule has 5 nitrogen and oxygen atoms in total. The molecule has 0 fully saturated rings. The summed E-state index contributed by atoms with van der Waals surface area (Å²) in [5.74, 6) is 1.80. The SMILES string of the molecule is CC1(C)c2ccccc2-c2cc(-c3nc(-c4cccc(-c5ccc6c(c5)oc5cccc(-c7ccccc7)c56)c4)nc(-c4cccc5oc6ccccc6c45)n3)ccc21. The summed E-state index contributed by atoms with van der Waals surface area (Å²) >= 11 is 0. The van der Waals surface area contributed by atoms with Crippen molar-refractivity contribution in [2.75, 3.05) is 0 Å². The van der Waals surface area contributed by atoms with Gasteiger partial charge in [-0.3, -0.25) is 0 Å². The Morgan fingerprint density at radius 1 is 0.339 bits per heavy atom. The number of benzene rings is 8. The number of nitrogens with zero attached hydrogens (tertiary/aromatic N) is 3. The molecule has 0 saturated heterocycles. The molecule has 12 rings (SSSR count). The van der Waals surface area contributed by atoms with Crippen LogP contribution in [-0.2, 0) is 5.41 Å². The molecule has 8 aromatic carbocycles. The second-order valence-corrected chi connectivity index (χ2v) is 16.0. The average molecular weight is 758 g/mol. The van der Waals surface area contributed by atoms with E-state index in [-0.39, 0.29) is 5.41 Å². The zero-order valence-corrected chi connectivity index (χ0v) is 32.4. The maximum absolute atomic E-state index is 6.51. The van der Waals surface area contributed by atoms with Gasteiger partial charge in [0.15, 0.2) is 17.5 Å². The van der Waals surface area contributed by atoms with E-state index in [9.17, 15) is 0 Å². The number of fused-ring (bicyclic) bond motifs is 9. The molecule has 1 aliphatic carbocycles. The van der Waals surface area contributed by atoms with Crippen molar-refractivity contribution in [2.45, 2.75) is 19.3 Å². The van der Waals surface area contributed by atoms with Crippen LogP contribution < -0.4 is 0 Å². The Bertz CT molecular complexity index is 3480. The molecule has 59 heavy (non-hydrogen) atoms. The zero-order chi connectivity index (χ0) is 39.2. The summed E-state index contributed by atoms with van der Waals surface area (Å²) in [5, 5.41) is 4.22. The molecule has 3 heterocycles. The van der Waals surface area contributed by atoms with Gasteiger partial charge in [0.25, 0.3) is 0 Å². The van der Waals surface area contributed by atoms with Crippen LogP contribution in [0.2, 0.25) is 0 Å². The highest BCUT2D eigenvalue weighted by Crippen LogP contribution is 2.49. The minimum Gasteiger partial charge on any atom is -0.456 e. The van der Waals surface area contributed by atoms with Crippen LogP contribution >= 0.6 is 0 Å². The minimum atomic E-state index is -0.103. The summed E-state index contributed by atoms with van der Waals surface area (Å²) < 4.78 is 12.8. The number of aromatic nitrogens is 3. The van der Waals surface area contributed by atoms with Crippen molar-refractivity contribution in [1.82, 2.24) is 15.0 Å². The van der Waals surface area contributed by atoms with Crippen LogP contribution in [0.15, 0.2) is 185 Å². The minimum absolute atomic E-state index is 0.103. The third-order valence-electron chi connectivity index (χ3n) is 12.2. The predicted octanol–water partition coefficient (Wildman–Crippen LogP) is 14.3. The molecule has 0 saturated carbocycles. The van der Waals surface area contributed by atoms with Crippen molar-refractivity contribution >= 4 is 43.9 Å². The topological polar surface area (TPSA) is 65.0 Å². The van der Waals surface area contributed by atoms with Crippen molar-refractivity contribution < 1.29 is 8.83 Å². The molecular weight excluding hydrogens is 723 g/mol. The van der Waals surface area contributed by atoms with Crippen molar-refractivity contribution in [2.24, 2.45) is 0 Å². The lowest BCUT2D eigenvalue weighted by molar-refractivity contribution is 0.660. The lowest BCUT2D eigenvalue weighted by atomic mass is 9.82. The van der Waals surface area contributed by atoms with Gasteiger partial charge in [-0.05, 0) is 87.0 Å². The third kappa shape index (κ3) is 5.21. The van der Waals surface area contributed by atoms with E-state index >= 15 is 0 Å². The predicted molar refractivity (Wildman–Crippen MR) is 239 cm³/mol. The molecule has 3 aromatic heterocycles. The fourth-order valence-corrected chi connectivity index (χ4v) is 9.28. The van der Waals surface area contributed by atoms with Crippen LogP contribution in [0.5, 0.6) is 0 Å². The maximum atomic E-state index is 6.51. The van der Waals surface area contributed by atoms with Crippen molar-refractivity contribution in [3.63, 3.8) is 0 Å². The van der Waals surface area contributed by atoms with Crippen LogP contribution in [-0.4, -0.2) is 15.0 Å². The highest BCUT2D eigenvalue weighted by Gasteiger charge is 2.35. The number of rotatable bonds is 5. The lowest BCUT2D eigenvalue weighted by Crippen LogP contribution is -2.14. The van der Waals surface area contributed by atoms with Gasteiger partial charge in [0.05, 0.1) is 0 Å². The molecule has 0 unspecified atom stereocenters. The Morgan fingerprint density at radius 3 is 1.73 bits per heavy atom. The number of para-hydroxylation sites is 1. The molecule has 0 spiro atoms. The number of furan rings is 2. The summed E-state index contributed by atoms with van der Waals surface area (Å²) in [6, 6.07) is 61.3. The number of hydrogen-bond acceptors (Lipinski definition) is 5. The lowest BCUT2D eigenvalue weighted by Gasteiger charge is -2.21. The Hall–Kier alpha value is -7.63. The first kappa shape index (κ1) is 33.5. The van der Waals surface area contributed by atoms with Gasteiger partial charge in [0, 0.05) is 43.7 Å². The Morgan fingerprint density at radius 2 is 0.881 bits per heavy atom. The van der Waals surface area contributed by atoms with Gasteiger partial charge in [-0.1, -0.05) is 147 Å². The largest absolute Gasteiger partial charge is 0.456 e. The Labute approximate surface area is 340 Å². The molecule has 0 aliphatic heterocycles. The first-order valence-electron chi connectivity index (χ1n) is 20.0. The van der Waals surface area contributed by atoms with Crippen LogP contribution in [0.3, 0.4) is 0 Å². The van der Waals surface area contributed by atoms with Crippen LogP contribution in [0.25, 0.3) is 111 Å². The third-order valence-corrected chi connectivity index (χ3v) is 12.2. The average Bonchev–Trinajstić information content (AvgIpc) is 3.94. The molecule has 278 valence electrons. The standard InChI is InChI=1S/C54H35N3O2/c1-54(2)43-21-8-6-17-38(43)42-30-36(26-28-44(42)54)52-55-51(56-53(57-52)41-20-12-24-47-50(41)39-18-7-9-22-45(39)58-47)35-16-10-15-33(29-35)34-25-27-40-48(31-34)59-46-23-11-19-37(49(40)46)32-13-4-3-5-14-32/h3-31H,1-2H3. The second-order valence-electron chi connectivity index (χ2n) is 16.0. The monoisotopic (exact) mass is 757 g/mol. The Kier molecular flexibility index (Phi) is 7.20. The van der Waals surface area contributed by atoms with Crippen molar-refractivity contribution in [3.05, 3.63) is 187 Å². The van der Waals surface area contributed by atoms with Gasteiger partial charge in [0.2, 0.25) is 0 Å². The van der Waals surface area contributed by atoms with E-state index in [4.69, 9.17) is 23.8 Å². The van der Waals surface area contributed by atoms with Gasteiger partial charge < -0.3 is 8.83 Å². The van der Waals surface area contributed by atoms with Gasteiger partial charge >= 0.3 is 0 Å². The van der Waals surface area contributed by atoms with Crippen molar-refractivity contribution in [3.8, 4) is 67.5 Å². The fourth-order valence-electron chi connectivity index (χ4n) is 9.28. The van der Waals surface area contributed by atoms with E-state index in [0.29, 0.717) is 17.5 Å². The molecule has 0 atom stereocenters. The molecule has 0 N–H and O–H groups in total. The molecule has 0 bridgehead atoms. The van der Waals surface area contributed by atoms with Gasteiger partial charge in [-0.15, -0.1) is 0 Å². The summed E-state index contributed by atoms with van der Waals surface area (Å²) in [6.07, 6.45) is 0. The van der Waals surface area contributed by atoms with E-state index < -0.39 is 0 Å². The van der Waals surface area contributed by atoms with E-state index in [2.05, 4.69) is 147 Å². The summed E-state index contributed by atoms with van der Waals surface area (Å²) in [4.78, 5) is 15.7. The maximum Gasteiger partial charge on any atom is 0.164 e. The second kappa shape index (κ2) is 12.7. The molecular formula is C54H35N3O2. The molecule has 0 amide bonds. The summed E-state index contributed by atoms with van der Waals surface area (Å²) in [7, 11) is 0. The van der Waals surface area contributed by atoms with Gasteiger partial charge in [-0.25, -0.2) is 15.0 Å². The fraction of sp³-hybridized carbons (Fsp3) is 0.0556. The van der Waals surface area contributed by atoms with Gasteiger partial charge in [0.1, 0.15) is 22.3 Å². The van der Waals surface area contributed by atoms with Crippen LogP contribution in [0.1, 0.15) is 25.0 Å². The summed E-state index contributed by atoms with van der Waals surface area (Å²) in [6.45, 7) is 4.60. The smallest absolute Gasteiger partial charge is 0.164 e. The zero-order valence-electron chi connectivity index (χ0n) is 32.4. The van der Waals surface area contributed by atoms with E-state index in [1.54, 1.807) is 0 Å². The first-order chi connectivity index (χ1) is 29.0. The molecule has 1 aliphatic rings. The van der Waals surface area contributed by atoms with E-state index in [1.807, 2.05) is 42.5 Å². The molecule has 0 radical (unpaired) electrons. The molecule has 5 heteroatoms. The van der Waals surface area contributed by atoms with E-state index in [1.165, 1.54) is 27.8 Å². The first-order valence-corrected chi connectivity index (χ1v) is 20.0. The quantitative estimate of drug-likeness (QED) is 0.175. The number of hydrogen-bond donors (Lipinski definition) is 0. The normalized spacial score (nSPS) is 13.1. The van der Waals surface area contributed by atoms with Crippen molar-refractivity contribution in [1.29, 1.82) is 0 Å². The summed E-state index contributed by atoms with van der Waals surface area (Å²) in [5.41, 5.74) is 15.5. The Balaban J connectivity index is 1.02.